The van der Waals surface area contributed by atoms with Crippen LogP contribution in [0.3, 0.4) is 0 Å². The molecular weight excluding hydrogens is 341 g/mol. The lowest BCUT2D eigenvalue weighted by Crippen LogP contribution is -2.18. The molecule has 1 heterocycles. The van der Waals surface area contributed by atoms with E-state index in [0.717, 1.165) is 0 Å². The first kappa shape index (κ1) is 13.7. The zero-order chi connectivity index (χ0) is 13.1. The Morgan fingerprint density at radius 2 is 2.11 bits per heavy atom. The van der Waals surface area contributed by atoms with Crippen molar-refractivity contribution < 1.29 is 9.15 Å². The van der Waals surface area contributed by atoms with Crippen LogP contribution in [0.4, 0.5) is 0 Å². The minimum Gasteiger partial charge on any atom is -0.480 e. The van der Waals surface area contributed by atoms with E-state index in [4.69, 9.17) is 38.1 Å². The van der Waals surface area contributed by atoms with Crippen molar-refractivity contribution in [3.63, 3.8) is 0 Å². The van der Waals surface area contributed by atoms with E-state index in [1.165, 1.54) is 0 Å². The summed E-state index contributed by atoms with van der Waals surface area (Å²) < 4.78 is 11.7. The van der Waals surface area contributed by atoms with Crippen molar-refractivity contribution in [1.82, 2.24) is 0 Å². The Morgan fingerprint density at radius 3 is 2.72 bits per heavy atom. The Hall–Kier alpha value is -0.680. The van der Waals surface area contributed by atoms with Gasteiger partial charge < -0.3 is 14.9 Å². The van der Waals surface area contributed by atoms with Crippen molar-refractivity contribution in [2.24, 2.45) is 5.73 Å². The van der Waals surface area contributed by atoms with E-state index in [-0.39, 0.29) is 6.54 Å². The van der Waals surface area contributed by atoms with Crippen LogP contribution in [0.2, 0.25) is 10.0 Å². The number of ether oxygens (including phenoxy) is 1. The molecule has 0 radical (unpaired) electrons. The van der Waals surface area contributed by atoms with Crippen molar-refractivity contribution in [2.75, 3.05) is 6.54 Å². The smallest absolute Gasteiger partial charge is 0.168 e. The van der Waals surface area contributed by atoms with E-state index in [0.29, 0.717) is 26.0 Å². The fourth-order valence-electron chi connectivity index (χ4n) is 1.44. The monoisotopic (exact) mass is 349 g/mol. The number of benzene rings is 1. The van der Waals surface area contributed by atoms with Crippen molar-refractivity contribution >= 4 is 39.1 Å². The van der Waals surface area contributed by atoms with E-state index >= 15 is 0 Å². The molecule has 0 amide bonds. The lowest BCUT2D eigenvalue weighted by molar-refractivity contribution is 0.184. The number of hydrogen-bond donors (Lipinski definition) is 1. The molecule has 0 fully saturated rings. The minimum absolute atomic E-state index is 0.275. The molecule has 0 aliphatic carbocycles. The van der Waals surface area contributed by atoms with Crippen LogP contribution in [0.5, 0.6) is 5.75 Å². The van der Waals surface area contributed by atoms with Crippen LogP contribution in [-0.2, 0) is 0 Å². The molecule has 2 N–H and O–H groups in total. The molecular formula is C12H10BrCl2NO2. The summed E-state index contributed by atoms with van der Waals surface area (Å²) in [5.74, 6) is 1.12. The van der Waals surface area contributed by atoms with Gasteiger partial charge in [0.05, 0.1) is 16.3 Å². The summed E-state index contributed by atoms with van der Waals surface area (Å²) >= 11 is 15.4. The quantitative estimate of drug-likeness (QED) is 0.830. The average molecular weight is 351 g/mol. The van der Waals surface area contributed by atoms with Gasteiger partial charge in [-0.15, -0.1) is 0 Å². The SMILES string of the molecule is NCC(Oc1cc(Cl)c(Br)cc1Cl)c1ccco1. The second kappa shape index (κ2) is 5.97. The van der Waals surface area contributed by atoms with Gasteiger partial charge in [-0.1, -0.05) is 23.2 Å². The first-order valence-electron chi connectivity index (χ1n) is 5.16. The van der Waals surface area contributed by atoms with E-state index in [1.54, 1.807) is 30.5 Å². The molecule has 3 nitrogen and oxygen atoms in total. The topological polar surface area (TPSA) is 48.4 Å². The van der Waals surface area contributed by atoms with E-state index < -0.39 is 6.10 Å². The standard InChI is InChI=1S/C12H10BrCl2NO2/c13-7-4-9(15)11(5-8(7)14)18-12(6-16)10-2-1-3-17-10/h1-5,12H,6,16H2. The summed E-state index contributed by atoms with van der Waals surface area (Å²) in [6.45, 7) is 0.275. The Morgan fingerprint density at radius 1 is 1.33 bits per heavy atom. The van der Waals surface area contributed by atoms with Crippen LogP contribution in [-0.4, -0.2) is 6.54 Å². The number of rotatable bonds is 4. The van der Waals surface area contributed by atoms with Crippen LogP contribution in [0.25, 0.3) is 0 Å². The lowest BCUT2D eigenvalue weighted by Gasteiger charge is -2.16. The summed E-state index contributed by atoms with van der Waals surface area (Å²) in [4.78, 5) is 0. The van der Waals surface area contributed by atoms with Crippen LogP contribution in [0.1, 0.15) is 11.9 Å². The maximum absolute atomic E-state index is 6.08. The molecule has 1 unspecified atom stereocenters. The zero-order valence-corrected chi connectivity index (χ0v) is 12.3. The fourth-order valence-corrected chi connectivity index (χ4v) is 2.28. The highest BCUT2D eigenvalue weighted by atomic mass is 79.9. The number of halogens is 3. The molecule has 0 bridgehead atoms. The number of nitrogens with two attached hydrogens (primary N) is 1. The van der Waals surface area contributed by atoms with Gasteiger partial charge >= 0.3 is 0 Å². The van der Waals surface area contributed by atoms with Crippen LogP contribution < -0.4 is 10.5 Å². The van der Waals surface area contributed by atoms with Gasteiger partial charge in [0.2, 0.25) is 0 Å². The van der Waals surface area contributed by atoms with Crippen LogP contribution >= 0.6 is 39.1 Å². The van der Waals surface area contributed by atoms with E-state index in [9.17, 15) is 0 Å². The van der Waals surface area contributed by atoms with Crippen LogP contribution in [0.15, 0.2) is 39.4 Å². The molecule has 1 aromatic heterocycles. The molecule has 0 saturated carbocycles. The van der Waals surface area contributed by atoms with Crippen molar-refractivity contribution in [1.29, 1.82) is 0 Å². The lowest BCUT2D eigenvalue weighted by atomic mass is 10.2. The molecule has 2 aromatic rings. The molecule has 0 aliphatic rings. The van der Waals surface area contributed by atoms with Gasteiger partial charge in [0.1, 0.15) is 11.5 Å². The molecule has 1 atom stereocenters. The normalized spacial score (nSPS) is 12.4. The molecule has 18 heavy (non-hydrogen) atoms. The fraction of sp³-hybridized carbons (Fsp3) is 0.167. The largest absolute Gasteiger partial charge is 0.480 e. The van der Waals surface area contributed by atoms with Crippen LogP contribution in [0, 0.1) is 0 Å². The highest BCUT2D eigenvalue weighted by Gasteiger charge is 2.17. The highest BCUT2D eigenvalue weighted by Crippen LogP contribution is 2.36. The molecule has 0 aliphatic heterocycles. The van der Waals surface area contributed by atoms with Gasteiger partial charge in [-0.25, -0.2) is 0 Å². The molecule has 0 spiro atoms. The summed E-state index contributed by atoms with van der Waals surface area (Å²) in [7, 11) is 0. The maximum atomic E-state index is 6.08. The maximum Gasteiger partial charge on any atom is 0.168 e. The summed E-state index contributed by atoms with van der Waals surface area (Å²) in [6, 6.07) is 6.89. The van der Waals surface area contributed by atoms with Crippen molar-refractivity contribution in [3.8, 4) is 5.75 Å². The number of furan rings is 1. The van der Waals surface area contributed by atoms with E-state index in [2.05, 4.69) is 15.9 Å². The van der Waals surface area contributed by atoms with E-state index in [1.807, 2.05) is 0 Å². The van der Waals surface area contributed by atoms with Gasteiger partial charge in [-0.05, 0) is 34.1 Å². The predicted molar refractivity (Wildman–Crippen MR) is 75.3 cm³/mol. The minimum atomic E-state index is -0.394. The molecule has 1 aromatic carbocycles. The Balaban J connectivity index is 2.25. The average Bonchev–Trinajstić information content (AvgIpc) is 2.85. The van der Waals surface area contributed by atoms with Gasteiger partial charge in [-0.3, -0.25) is 0 Å². The molecule has 0 saturated heterocycles. The highest BCUT2D eigenvalue weighted by molar-refractivity contribution is 9.10. The third kappa shape index (κ3) is 3.01. The Bertz CT molecular complexity index is 531. The van der Waals surface area contributed by atoms with Gasteiger partial charge in [0, 0.05) is 17.1 Å². The first-order chi connectivity index (χ1) is 8.61. The molecule has 96 valence electrons. The second-order valence-corrected chi connectivity index (χ2v) is 5.22. The van der Waals surface area contributed by atoms with Crippen molar-refractivity contribution in [3.05, 3.63) is 50.8 Å². The molecule has 2 rings (SSSR count). The van der Waals surface area contributed by atoms with Gasteiger partial charge in [0.25, 0.3) is 0 Å². The summed E-state index contributed by atoms with van der Waals surface area (Å²) in [5, 5.41) is 0.973. The van der Waals surface area contributed by atoms with Gasteiger partial charge in [-0.2, -0.15) is 0 Å². The first-order valence-corrected chi connectivity index (χ1v) is 6.71. The Labute approximate surface area is 123 Å². The third-order valence-electron chi connectivity index (χ3n) is 2.32. The summed E-state index contributed by atoms with van der Waals surface area (Å²) in [5.41, 5.74) is 5.66. The second-order valence-electron chi connectivity index (χ2n) is 3.55. The zero-order valence-electron chi connectivity index (χ0n) is 9.20. The molecule has 6 heteroatoms. The predicted octanol–water partition coefficient (Wildman–Crippen LogP) is 4.43. The van der Waals surface area contributed by atoms with Gasteiger partial charge in [0.15, 0.2) is 6.10 Å². The van der Waals surface area contributed by atoms with Crippen molar-refractivity contribution in [2.45, 2.75) is 6.10 Å². The third-order valence-corrected chi connectivity index (χ3v) is 3.81. The number of hydrogen-bond acceptors (Lipinski definition) is 3. The summed E-state index contributed by atoms with van der Waals surface area (Å²) in [6.07, 6.45) is 1.17. The Kier molecular flexibility index (Phi) is 4.56.